The summed E-state index contributed by atoms with van der Waals surface area (Å²) in [4.78, 5) is 16.4. The number of nitrogens with one attached hydrogen (secondary N) is 2. The van der Waals surface area contributed by atoms with E-state index >= 15 is 0 Å². The Bertz CT molecular complexity index is 662. The van der Waals surface area contributed by atoms with Crippen LogP contribution in [0.25, 0.3) is 0 Å². The van der Waals surface area contributed by atoms with Gasteiger partial charge in [-0.05, 0) is 48.7 Å². The lowest BCUT2D eigenvalue weighted by Crippen LogP contribution is -2.23. The van der Waals surface area contributed by atoms with Crippen molar-refractivity contribution < 1.29 is 4.79 Å². The Morgan fingerprint density at radius 2 is 2.14 bits per heavy atom. The highest BCUT2D eigenvalue weighted by Crippen LogP contribution is 2.22. The third-order valence-corrected chi connectivity index (χ3v) is 3.61. The number of fused-ring (bicyclic) bond motifs is 1. The molecule has 1 aliphatic heterocycles. The van der Waals surface area contributed by atoms with Crippen molar-refractivity contribution >= 4 is 36.4 Å². The van der Waals surface area contributed by atoms with Gasteiger partial charge in [-0.15, -0.1) is 24.8 Å². The van der Waals surface area contributed by atoms with Gasteiger partial charge in [-0.25, -0.2) is 0 Å². The van der Waals surface area contributed by atoms with E-state index in [1.165, 1.54) is 5.56 Å². The predicted octanol–water partition coefficient (Wildman–Crippen LogP) is 3.13. The van der Waals surface area contributed by atoms with E-state index in [1.807, 2.05) is 37.3 Å². The Kier molecular flexibility index (Phi) is 6.65. The molecule has 0 saturated carbocycles. The third kappa shape index (κ3) is 3.90. The van der Waals surface area contributed by atoms with Crippen LogP contribution in [0.4, 0.5) is 5.69 Å². The molecule has 4 nitrogen and oxygen atoms in total. The Morgan fingerprint density at radius 3 is 2.91 bits per heavy atom. The fraction of sp³-hybridized carbons (Fsp3) is 0.250. The van der Waals surface area contributed by atoms with Gasteiger partial charge >= 0.3 is 0 Å². The highest BCUT2D eigenvalue weighted by molar-refractivity contribution is 5.95. The van der Waals surface area contributed by atoms with E-state index in [-0.39, 0.29) is 30.7 Å². The van der Waals surface area contributed by atoms with Crippen LogP contribution in [0.3, 0.4) is 0 Å². The number of hydrogen-bond donors (Lipinski definition) is 2. The number of carbonyl (C=O) groups excluding carboxylic acids is 1. The minimum Gasteiger partial charge on any atom is -0.384 e. The van der Waals surface area contributed by atoms with E-state index in [4.69, 9.17) is 0 Å². The molecule has 118 valence electrons. The number of hydrogen-bond acceptors (Lipinski definition) is 3. The average Bonchev–Trinajstić information content (AvgIpc) is 2.93. The summed E-state index contributed by atoms with van der Waals surface area (Å²) in [7, 11) is 0. The Hall–Kier alpha value is -1.78. The van der Waals surface area contributed by atoms with Crippen LogP contribution < -0.4 is 10.6 Å². The maximum absolute atomic E-state index is 12.2. The smallest absolute Gasteiger partial charge is 0.251 e. The van der Waals surface area contributed by atoms with Gasteiger partial charge in [0.2, 0.25) is 0 Å². The van der Waals surface area contributed by atoms with Crippen LogP contribution in [0.1, 0.15) is 27.2 Å². The van der Waals surface area contributed by atoms with Crippen molar-refractivity contribution in [3.05, 3.63) is 58.9 Å². The number of benzene rings is 1. The number of pyridine rings is 1. The lowest BCUT2D eigenvalue weighted by Gasteiger charge is -2.08. The molecule has 0 saturated heterocycles. The van der Waals surface area contributed by atoms with E-state index in [0.717, 1.165) is 29.9 Å². The van der Waals surface area contributed by atoms with E-state index in [9.17, 15) is 4.79 Å². The Labute approximate surface area is 142 Å². The first-order chi connectivity index (χ1) is 9.74. The number of amides is 1. The van der Waals surface area contributed by atoms with Crippen molar-refractivity contribution in [3.63, 3.8) is 0 Å². The number of halogens is 2. The minimum absolute atomic E-state index is 0. The Morgan fingerprint density at radius 1 is 1.32 bits per heavy atom. The van der Waals surface area contributed by atoms with Gasteiger partial charge in [-0.1, -0.05) is 6.07 Å². The molecule has 0 bridgehead atoms. The molecule has 2 heterocycles. The molecule has 2 aromatic rings. The van der Waals surface area contributed by atoms with Crippen LogP contribution in [0, 0.1) is 6.92 Å². The first kappa shape index (κ1) is 18.3. The minimum atomic E-state index is -0.0512. The molecule has 2 N–H and O–H groups in total. The van der Waals surface area contributed by atoms with Gasteiger partial charge in [-0.2, -0.15) is 0 Å². The van der Waals surface area contributed by atoms with E-state index in [2.05, 4.69) is 15.6 Å². The van der Waals surface area contributed by atoms with E-state index in [0.29, 0.717) is 12.1 Å². The van der Waals surface area contributed by atoms with Crippen molar-refractivity contribution in [1.82, 2.24) is 10.3 Å². The zero-order valence-electron chi connectivity index (χ0n) is 12.3. The summed E-state index contributed by atoms with van der Waals surface area (Å²) in [5.74, 6) is -0.0512. The average molecular weight is 340 g/mol. The number of aryl methyl sites for hydroxylation is 1. The van der Waals surface area contributed by atoms with Crippen LogP contribution in [0.5, 0.6) is 0 Å². The molecule has 1 aromatic heterocycles. The Balaban J connectivity index is 0.00000121. The molecule has 3 rings (SSSR count). The molecule has 0 aliphatic carbocycles. The fourth-order valence-electron chi connectivity index (χ4n) is 2.42. The number of rotatable bonds is 3. The molecular formula is C16H19Cl2N3O. The molecule has 22 heavy (non-hydrogen) atoms. The van der Waals surface area contributed by atoms with Gasteiger partial charge in [-0.3, -0.25) is 9.78 Å². The van der Waals surface area contributed by atoms with Gasteiger partial charge in [0.15, 0.2) is 0 Å². The molecule has 0 spiro atoms. The molecule has 1 aromatic carbocycles. The van der Waals surface area contributed by atoms with Crippen molar-refractivity contribution in [2.24, 2.45) is 0 Å². The maximum atomic E-state index is 12.2. The van der Waals surface area contributed by atoms with Gasteiger partial charge in [0, 0.05) is 24.0 Å². The zero-order chi connectivity index (χ0) is 13.9. The molecule has 6 heteroatoms. The van der Waals surface area contributed by atoms with Crippen molar-refractivity contribution in [1.29, 1.82) is 0 Å². The second-order valence-corrected chi connectivity index (χ2v) is 5.00. The fourth-order valence-corrected chi connectivity index (χ4v) is 2.42. The largest absolute Gasteiger partial charge is 0.384 e. The van der Waals surface area contributed by atoms with Gasteiger partial charge in [0.25, 0.3) is 5.91 Å². The molecule has 0 fully saturated rings. The lowest BCUT2D eigenvalue weighted by molar-refractivity contribution is 0.0950. The van der Waals surface area contributed by atoms with Crippen LogP contribution in [0.2, 0.25) is 0 Å². The molecule has 1 amide bonds. The second-order valence-electron chi connectivity index (χ2n) is 5.00. The topological polar surface area (TPSA) is 54.0 Å². The second kappa shape index (κ2) is 8.01. The van der Waals surface area contributed by atoms with Gasteiger partial charge < -0.3 is 10.6 Å². The summed E-state index contributed by atoms with van der Waals surface area (Å²) in [6.07, 6.45) is 2.73. The van der Waals surface area contributed by atoms with Gasteiger partial charge in [0.1, 0.15) is 0 Å². The van der Waals surface area contributed by atoms with Crippen molar-refractivity contribution in [2.45, 2.75) is 19.9 Å². The quantitative estimate of drug-likeness (QED) is 0.903. The van der Waals surface area contributed by atoms with Crippen LogP contribution in [-0.2, 0) is 13.0 Å². The highest BCUT2D eigenvalue weighted by Gasteiger charge is 2.13. The molecular weight excluding hydrogens is 321 g/mol. The number of carbonyl (C=O) groups is 1. The van der Waals surface area contributed by atoms with E-state index < -0.39 is 0 Å². The standard InChI is InChI=1S/C16H17N3O.2ClH/c1-11-3-2-7-17-15(11)10-19-16(20)13-4-5-14-12(9-13)6-8-18-14;;/h2-5,7,9,18H,6,8,10H2,1H3,(H,19,20);2*1H. The SMILES string of the molecule is Cc1cccnc1CNC(=O)c1ccc2c(c1)CCN2.Cl.Cl. The summed E-state index contributed by atoms with van der Waals surface area (Å²) < 4.78 is 0. The number of anilines is 1. The molecule has 1 aliphatic rings. The highest BCUT2D eigenvalue weighted by atomic mass is 35.5. The summed E-state index contributed by atoms with van der Waals surface area (Å²) in [5.41, 5.74) is 5.06. The summed E-state index contributed by atoms with van der Waals surface area (Å²) in [6, 6.07) is 9.70. The summed E-state index contributed by atoms with van der Waals surface area (Å²) in [6.45, 7) is 3.41. The number of nitrogens with zero attached hydrogens (tertiary/aromatic N) is 1. The van der Waals surface area contributed by atoms with Crippen molar-refractivity contribution in [3.8, 4) is 0 Å². The monoisotopic (exact) mass is 339 g/mol. The molecule has 0 radical (unpaired) electrons. The van der Waals surface area contributed by atoms with Crippen molar-refractivity contribution in [2.75, 3.05) is 11.9 Å². The summed E-state index contributed by atoms with van der Waals surface area (Å²) in [5, 5.41) is 6.22. The molecule has 0 unspecified atom stereocenters. The van der Waals surface area contributed by atoms with Crippen LogP contribution in [-0.4, -0.2) is 17.4 Å². The maximum Gasteiger partial charge on any atom is 0.251 e. The first-order valence-corrected chi connectivity index (χ1v) is 6.79. The van der Waals surface area contributed by atoms with Crippen LogP contribution >= 0.6 is 24.8 Å². The van der Waals surface area contributed by atoms with E-state index in [1.54, 1.807) is 6.20 Å². The van der Waals surface area contributed by atoms with Gasteiger partial charge in [0.05, 0.1) is 12.2 Å². The summed E-state index contributed by atoms with van der Waals surface area (Å²) >= 11 is 0. The predicted molar refractivity (Wildman–Crippen MR) is 93.3 cm³/mol. The lowest BCUT2D eigenvalue weighted by atomic mass is 10.1. The molecule has 0 atom stereocenters. The van der Waals surface area contributed by atoms with Crippen LogP contribution in [0.15, 0.2) is 36.5 Å². The number of aromatic nitrogens is 1. The normalized spacial score (nSPS) is 11.5. The third-order valence-electron chi connectivity index (χ3n) is 3.61. The first-order valence-electron chi connectivity index (χ1n) is 6.79. The zero-order valence-corrected chi connectivity index (χ0v) is 13.9.